The van der Waals surface area contributed by atoms with Crippen LogP contribution in [-0.4, -0.2) is 46.9 Å². The average Bonchev–Trinajstić information content (AvgIpc) is 3.36. The minimum Gasteiger partial charge on any atom is -0.457 e. The molecule has 35 heavy (non-hydrogen) atoms. The van der Waals surface area contributed by atoms with Crippen LogP contribution in [0, 0.1) is 5.82 Å². The molecule has 4 aromatic rings. The van der Waals surface area contributed by atoms with Crippen molar-refractivity contribution in [1.29, 1.82) is 0 Å². The van der Waals surface area contributed by atoms with Gasteiger partial charge in [-0.15, -0.1) is 11.3 Å². The summed E-state index contributed by atoms with van der Waals surface area (Å²) in [6.45, 7) is 3.69. The van der Waals surface area contributed by atoms with Gasteiger partial charge in [-0.2, -0.15) is 0 Å². The summed E-state index contributed by atoms with van der Waals surface area (Å²) >= 11 is 1.62. The van der Waals surface area contributed by atoms with Crippen molar-refractivity contribution in [2.75, 3.05) is 26.2 Å². The Bertz CT molecular complexity index is 1320. The third-order valence-electron chi connectivity index (χ3n) is 6.66. The fourth-order valence-electron chi connectivity index (χ4n) is 4.81. The molecule has 5 nitrogen and oxygen atoms in total. The molecule has 176 valence electrons. The zero-order valence-electron chi connectivity index (χ0n) is 19.1. The Morgan fingerprint density at radius 1 is 0.914 bits per heavy atom. The summed E-state index contributed by atoms with van der Waals surface area (Å²) in [4.78, 5) is 22.8. The van der Waals surface area contributed by atoms with Gasteiger partial charge in [-0.05, 0) is 36.4 Å². The van der Waals surface area contributed by atoms with Gasteiger partial charge in [-0.3, -0.25) is 9.69 Å². The molecule has 7 heteroatoms. The molecule has 2 aliphatic rings. The normalized spacial score (nSPS) is 15.9. The number of halogens is 1. The predicted octanol–water partition coefficient (Wildman–Crippen LogP) is 5.53. The minimum absolute atomic E-state index is 0.126. The van der Waals surface area contributed by atoms with Crippen molar-refractivity contribution in [3.63, 3.8) is 0 Å². The standard InChI is InChI=1S/C28H24FN3O2S/c29-20-11-9-19(10-12-20)23-18-35-26(30-23)17-31-13-15-32(16-14-31)28(33)27-21-5-1-3-7-24(21)34-25-8-4-2-6-22(25)27/h1-12,18,27H,13-17H2. The Kier molecular flexibility index (Phi) is 5.80. The second-order valence-corrected chi connectivity index (χ2v) is 9.79. The van der Waals surface area contributed by atoms with Gasteiger partial charge in [0.15, 0.2) is 0 Å². The summed E-state index contributed by atoms with van der Waals surface area (Å²) in [7, 11) is 0. The molecule has 0 unspecified atom stereocenters. The van der Waals surface area contributed by atoms with E-state index in [1.54, 1.807) is 23.5 Å². The third-order valence-corrected chi connectivity index (χ3v) is 7.50. The summed E-state index contributed by atoms with van der Waals surface area (Å²) in [5.74, 6) is 1.04. The lowest BCUT2D eigenvalue weighted by molar-refractivity contribution is -0.133. The zero-order chi connectivity index (χ0) is 23.8. The Morgan fingerprint density at radius 3 is 2.20 bits per heavy atom. The number of carbonyl (C=O) groups is 1. The first-order valence-corrected chi connectivity index (χ1v) is 12.6. The SMILES string of the molecule is O=C(C1c2ccccc2Oc2ccccc21)N1CCN(Cc2nc(-c3ccc(F)cc3)cs2)CC1. The van der Waals surface area contributed by atoms with Crippen LogP contribution in [0.25, 0.3) is 11.3 Å². The number of hydrogen-bond donors (Lipinski definition) is 0. The fraction of sp³-hybridized carbons (Fsp3) is 0.214. The van der Waals surface area contributed by atoms with Gasteiger partial charge in [0.25, 0.3) is 0 Å². The number of benzene rings is 3. The van der Waals surface area contributed by atoms with Crippen LogP contribution in [-0.2, 0) is 11.3 Å². The highest BCUT2D eigenvalue weighted by Gasteiger charge is 2.36. The number of nitrogens with zero attached hydrogens (tertiary/aromatic N) is 3. The maximum absolute atomic E-state index is 13.7. The van der Waals surface area contributed by atoms with Crippen LogP contribution < -0.4 is 4.74 Å². The van der Waals surface area contributed by atoms with Crippen LogP contribution in [0.3, 0.4) is 0 Å². The van der Waals surface area contributed by atoms with Crippen molar-refractivity contribution in [1.82, 2.24) is 14.8 Å². The second kappa shape index (κ2) is 9.24. The van der Waals surface area contributed by atoms with Gasteiger partial charge in [0, 0.05) is 48.2 Å². The third kappa shape index (κ3) is 4.33. The first-order valence-electron chi connectivity index (χ1n) is 11.7. The first kappa shape index (κ1) is 21.9. The van der Waals surface area contributed by atoms with Crippen LogP contribution in [0.5, 0.6) is 11.5 Å². The molecule has 0 N–H and O–H groups in total. The molecule has 0 radical (unpaired) electrons. The van der Waals surface area contributed by atoms with Crippen molar-refractivity contribution < 1.29 is 13.9 Å². The Balaban J connectivity index is 1.13. The minimum atomic E-state index is -0.347. The van der Waals surface area contributed by atoms with Crippen LogP contribution in [0.1, 0.15) is 22.1 Å². The van der Waals surface area contributed by atoms with Gasteiger partial charge in [0.05, 0.1) is 18.2 Å². The molecule has 1 saturated heterocycles. The van der Waals surface area contributed by atoms with Crippen molar-refractivity contribution in [3.8, 4) is 22.8 Å². The van der Waals surface area contributed by atoms with E-state index in [1.807, 2.05) is 58.8 Å². The molecular weight excluding hydrogens is 461 g/mol. The molecule has 1 fully saturated rings. The second-order valence-electron chi connectivity index (χ2n) is 8.85. The smallest absolute Gasteiger partial charge is 0.234 e. The van der Waals surface area contributed by atoms with Gasteiger partial charge in [0.1, 0.15) is 22.3 Å². The molecule has 3 aromatic carbocycles. The van der Waals surface area contributed by atoms with Crippen molar-refractivity contribution in [2.24, 2.45) is 0 Å². The highest BCUT2D eigenvalue weighted by atomic mass is 32.1. The number of piperazine rings is 1. The molecule has 2 aliphatic heterocycles. The number of hydrogen-bond acceptors (Lipinski definition) is 5. The highest BCUT2D eigenvalue weighted by molar-refractivity contribution is 7.09. The number of fused-ring (bicyclic) bond motifs is 2. The van der Waals surface area contributed by atoms with Crippen molar-refractivity contribution in [3.05, 3.63) is 100 Å². The lowest BCUT2D eigenvalue weighted by Crippen LogP contribution is -2.49. The zero-order valence-corrected chi connectivity index (χ0v) is 19.9. The van der Waals surface area contributed by atoms with E-state index in [9.17, 15) is 9.18 Å². The number of para-hydroxylation sites is 2. The van der Waals surface area contributed by atoms with E-state index in [-0.39, 0.29) is 17.6 Å². The first-order chi connectivity index (χ1) is 17.2. The number of carbonyl (C=O) groups excluding carboxylic acids is 1. The van der Waals surface area contributed by atoms with Crippen LogP contribution in [0.15, 0.2) is 78.2 Å². The van der Waals surface area contributed by atoms with E-state index in [0.717, 1.165) is 58.5 Å². The maximum atomic E-state index is 13.7. The van der Waals surface area contributed by atoms with E-state index in [4.69, 9.17) is 9.72 Å². The Hall–Kier alpha value is -3.55. The van der Waals surface area contributed by atoms with Crippen LogP contribution >= 0.6 is 11.3 Å². The summed E-state index contributed by atoms with van der Waals surface area (Å²) in [6, 6.07) is 22.1. The molecule has 1 aromatic heterocycles. The Labute approximate surface area is 207 Å². The summed E-state index contributed by atoms with van der Waals surface area (Å²) in [6.07, 6.45) is 0. The summed E-state index contributed by atoms with van der Waals surface area (Å²) < 4.78 is 19.3. The quantitative estimate of drug-likeness (QED) is 0.381. The predicted molar refractivity (Wildman–Crippen MR) is 134 cm³/mol. The largest absolute Gasteiger partial charge is 0.457 e. The molecule has 1 amide bonds. The average molecular weight is 486 g/mol. The van der Waals surface area contributed by atoms with E-state index < -0.39 is 0 Å². The van der Waals surface area contributed by atoms with Gasteiger partial charge in [-0.25, -0.2) is 9.37 Å². The number of thiazole rings is 1. The summed E-state index contributed by atoms with van der Waals surface area (Å²) in [5, 5.41) is 3.04. The molecule has 0 aliphatic carbocycles. The molecular formula is C28H24FN3O2S. The lowest BCUT2D eigenvalue weighted by Gasteiger charge is -2.37. The number of aromatic nitrogens is 1. The van der Waals surface area contributed by atoms with Gasteiger partial charge in [-0.1, -0.05) is 36.4 Å². The topological polar surface area (TPSA) is 45.7 Å². The van der Waals surface area contributed by atoms with Crippen molar-refractivity contribution >= 4 is 17.2 Å². The van der Waals surface area contributed by atoms with Gasteiger partial charge in [0.2, 0.25) is 5.91 Å². The molecule has 0 spiro atoms. The summed E-state index contributed by atoms with van der Waals surface area (Å²) in [5.41, 5.74) is 3.64. The monoisotopic (exact) mass is 485 g/mol. The molecule has 0 atom stereocenters. The molecule has 0 bridgehead atoms. The molecule has 0 saturated carbocycles. The molecule has 6 rings (SSSR count). The molecule has 3 heterocycles. The van der Waals surface area contributed by atoms with E-state index in [2.05, 4.69) is 4.90 Å². The Morgan fingerprint density at radius 2 is 1.54 bits per heavy atom. The van der Waals surface area contributed by atoms with E-state index in [1.165, 1.54) is 12.1 Å². The van der Waals surface area contributed by atoms with Gasteiger partial charge < -0.3 is 9.64 Å². The number of rotatable bonds is 4. The number of ether oxygens (including phenoxy) is 1. The van der Waals surface area contributed by atoms with Crippen molar-refractivity contribution in [2.45, 2.75) is 12.5 Å². The highest BCUT2D eigenvalue weighted by Crippen LogP contribution is 2.44. The fourth-order valence-corrected chi connectivity index (χ4v) is 5.66. The van der Waals surface area contributed by atoms with Crippen LogP contribution in [0.2, 0.25) is 0 Å². The number of amides is 1. The lowest BCUT2D eigenvalue weighted by atomic mass is 9.86. The van der Waals surface area contributed by atoms with E-state index >= 15 is 0 Å². The van der Waals surface area contributed by atoms with Crippen LogP contribution in [0.4, 0.5) is 4.39 Å². The maximum Gasteiger partial charge on any atom is 0.234 e. The van der Waals surface area contributed by atoms with Gasteiger partial charge >= 0.3 is 0 Å². The van der Waals surface area contributed by atoms with E-state index in [0.29, 0.717) is 13.1 Å².